The molecule has 2 aromatic rings. The van der Waals surface area contributed by atoms with E-state index in [1.54, 1.807) is 0 Å². The van der Waals surface area contributed by atoms with Crippen LogP contribution in [0.5, 0.6) is 0 Å². The molecule has 17 heavy (non-hydrogen) atoms. The highest BCUT2D eigenvalue weighted by Gasteiger charge is 2.07. The van der Waals surface area contributed by atoms with Crippen molar-refractivity contribution in [1.29, 1.82) is 0 Å². The van der Waals surface area contributed by atoms with E-state index in [-0.39, 0.29) is 15.4 Å². The Morgan fingerprint density at radius 1 is 0.765 bits per heavy atom. The van der Waals surface area contributed by atoms with Gasteiger partial charge in [0.25, 0.3) is 0 Å². The zero-order valence-corrected chi connectivity index (χ0v) is 11.3. The van der Waals surface area contributed by atoms with E-state index in [1.807, 2.05) is 24.3 Å². The largest absolute Gasteiger partial charge is 0.438 e. The molecule has 0 fully saturated rings. The minimum Gasteiger partial charge on any atom is -0.438 e. The lowest BCUT2D eigenvalue weighted by atomic mass is 10.2. The SMILES string of the molecule is [CH3][AlH][N](c1ccc(N)cc1)c1ccc(N)cc1. The second-order valence-electron chi connectivity index (χ2n) is 3.93. The van der Waals surface area contributed by atoms with Gasteiger partial charge in [-0.05, 0) is 48.5 Å². The molecule has 0 amide bonds. The van der Waals surface area contributed by atoms with Crippen LogP contribution >= 0.6 is 0 Å². The van der Waals surface area contributed by atoms with Gasteiger partial charge in [-0.25, -0.2) is 0 Å². The summed E-state index contributed by atoms with van der Waals surface area (Å²) >= 11 is -0.341. The van der Waals surface area contributed by atoms with Crippen LogP contribution in [0.3, 0.4) is 0 Å². The highest BCUT2D eigenvalue weighted by Crippen LogP contribution is 2.25. The molecular weight excluding hydrogens is 225 g/mol. The second-order valence-corrected chi connectivity index (χ2v) is 5.19. The smallest absolute Gasteiger partial charge is 0.391 e. The van der Waals surface area contributed by atoms with E-state index in [9.17, 15) is 0 Å². The van der Waals surface area contributed by atoms with Crippen molar-refractivity contribution in [3.05, 3.63) is 48.5 Å². The van der Waals surface area contributed by atoms with Gasteiger partial charge in [0, 0.05) is 22.7 Å². The van der Waals surface area contributed by atoms with Crippen LogP contribution < -0.4 is 15.4 Å². The summed E-state index contributed by atoms with van der Waals surface area (Å²) < 4.78 is 2.35. The third-order valence-electron chi connectivity index (χ3n) is 2.73. The molecule has 4 N–H and O–H groups in total. The molecule has 4 heteroatoms. The molecule has 0 heterocycles. The fourth-order valence-corrected chi connectivity index (χ4v) is 2.97. The van der Waals surface area contributed by atoms with Crippen LogP contribution in [-0.4, -0.2) is 15.4 Å². The van der Waals surface area contributed by atoms with Crippen LogP contribution in [0.15, 0.2) is 48.5 Å². The van der Waals surface area contributed by atoms with E-state index >= 15 is 0 Å². The molecule has 0 unspecified atom stereocenters. The van der Waals surface area contributed by atoms with Crippen molar-refractivity contribution < 1.29 is 0 Å². The third kappa shape index (κ3) is 2.73. The van der Waals surface area contributed by atoms with Crippen LogP contribution in [0.4, 0.5) is 22.7 Å². The first-order chi connectivity index (χ1) is 8.20. The van der Waals surface area contributed by atoms with Crippen molar-refractivity contribution in [2.24, 2.45) is 0 Å². The lowest BCUT2D eigenvalue weighted by molar-refractivity contribution is 1.40. The second kappa shape index (κ2) is 5.13. The van der Waals surface area contributed by atoms with E-state index < -0.39 is 0 Å². The fraction of sp³-hybridized carbons (Fsp3) is 0.0769. The summed E-state index contributed by atoms with van der Waals surface area (Å²) in [7, 11) is 0. The van der Waals surface area contributed by atoms with Crippen molar-refractivity contribution in [1.82, 2.24) is 0 Å². The van der Waals surface area contributed by atoms with Crippen molar-refractivity contribution >= 4 is 38.2 Å². The molecule has 0 bridgehead atoms. The van der Waals surface area contributed by atoms with Crippen molar-refractivity contribution in [3.8, 4) is 0 Å². The molecule has 0 radical (unpaired) electrons. The predicted molar refractivity (Wildman–Crippen MR) is 76.9 cm³/mol. The van der Waals surface area contributed by atoms with Crippen molar-refractivity contribution in [3.63, 3.8) is 0 Å². The Balaban J connectivity index is 2.33. The molecule has 0 aromatic heterocycles. The van der Waals surface area contributed by atoms with Gasteiger partial charge in [-0.1, -0.05) is 5.79 Å². The van der Waals surface area contributed by atoms with E-state index in [0.29, 0.717) is 0 Å². The van der Waals surface area contributed by atoms with Gasteiger partial charge in [0.1, 0.15) is 0 Å². The van der Waals surface area contributed by atoms with E-state index in [0.717, 1.165) is 11.4 Å². The molecule has 0 atom stereocenters. The lowest BCUT2D eigenvalue weighted by Gasteiger charge is -2.24. The lowest BCUT2D eigenvalue weighted by Crippen LogP contribution is -2.19. The molecule has 3 nitrogen and oxygen atoms in total. The summed E-state index contributed by atoms with van der Waals surface area (Å²) in [4.78, 5) is 0. The van der Waals surface area contributed by atoms with E-state index in [2.05, 4.69) is 33.9 Å². The molecule has 0 aliphatic heterocycles. The zero-order valence-electron chi connectivity index (χ0n) is 9.93. The van der Waals surface area contributed by atoms with Gasteiger partial charge < -0.3 is 15.4 Å². The quantitative estimate of drug-likeness (QED) is 0.640. The third-order valence-corrected chi connectivity index (χ3v) is 4.09. The Morgan fingerprint density at radius 3 is 1.41 bits per heavy atom. The number of nitrogen functional groups attached to an aromatic ring is 2. The maximum absolute atomic E-state index is 5.70. The molecule has 0 saturated carbocycles. The Morgan fingerprint density at radius 2 is 1.12 bits per heavy atom. The van der Waals surface area contributed by atoms with Crippen LogP contribution in [0.25, 0.3) is 0 Å². The number of nitrogens with zero attached hydrogens (tertiary/aromatic N) is 1. The van der Waals surface area contributed by atoms with Gasteiger partial charge in [0.05, 0.1) is 0 Å². The number of hydrogen-bond acceptors (Lipinski definition) is 3. The molecule has 0 spiro atoms. The highest BCUT2D eigenvalue weighted by molar-refractivity contribution is 6.42. The molecule has 0 aliphatic rings. The number of anilines is 4. The van der Waals surface area contributed by atoms with Gasteiger partial charge in [0.2, 0.25) is 0 Å². The maximum atomic E-state index is 5.70. The summed E-state index contributed by atoms with van der Waals surface area (Å²) in [5.41, 5.74) is 15.4. The predicted octanol–water partition coefficient (Wildman–Crippen LogP) is 2.39. The average molecular weight is 241 g/mol. The molecular formula is C13H16AlN3. The van der Waals surface area contributed by atoms with Gasteiger partial charge >= 0.3 is 15.4 Å². The van der Waals surface area contributed by atoms with E-state index in [4.69, 9.17) is 11.5 Å². The standard InChI is InChI=1S/C12H12N3.CH3.Al.H/c13-9-1-5-11(6-2-9)15-12-7-3-10(14)4-8-12;;;/h1-8H,13-14H2;1H3;;/q-1;;+1;. The number of nitrogens with two attached hydrogens (primary N) is 2. The summed E-state index contributed by atoms with van der Waals surface area (Å²) in [6, 6.07) is 16.0. The summed E-state index contributed by atoms with van der Waals surface area (Å²) in [5.74, 6) is 2.26. The monoisotopic (exact) mass is 241 g/mol. The molecule has 86 valence electrons. The highest BCUT2D eigenvalue weighted by atomic mass is 27.1. The van der Waals surface area contributed by atoms with Crippen molar-refractivity contribution in [2.75, 3.05) is 15.4 Å². The van der Waals surface area contributed by atoms with Gasteiger partial charge in [-0.15, -0.1) is 0 Å². The number of hydrogen-bond donors (Lipinski definition) is 2. The fourth-order valence-electron chi connectivity index (χ4n) is 1.82. The van der Waals surface area contributed by atoms with Crippen molar-refractivity contribution in [2.45, 2.75) is 5.79 Å². The summed E-state index contributed by atoms with van der Waals surface area (Å²) in [6.07, 6.45) is 0. The minimum atomic E-state index is -0.341. The maximum Gasteiger partial charge on any atom is 0.391 e. The summed E-state index contributed by atoms with van der Waals surface area (Å²) in [6.45, 7) is 0. The van der Waals surface area contributed by atoms with Gasteiger partial charge in [-0.2, -0.15) is 0 Å². The normalized spacial score (nSPS) is 9.94. The topological polar surface area (TPSA) is 55.3 Å². The first kappa shape index (κ1) is 11.8. The molecule has 2 rings (SSSR count). The van der Waals surface area contributed by atoms with Crippen LogP contribution in [0, 0.1) is 0 Å². The Hall–Kier alpha value is -1.63. The number of rotatable bonds is 3. The van der Waals surface area contributed by atoms with Gasteiger partial charge in [0.15, 0.2) is 0 Å². The minimum absolute atomic E-state index is 0.341. The first-order valence-corrected chi connectivity index (χ1v) is 7.74. The Kier molecular flexibility index (Phi) is 3.58. The Bertz CT molecular complexity index is 434. The summed E-state index contributed by atoms with van der Waals surface area (Å²) in [5, 5.41) is 0. The number of benzene rings is 2. The first-order valence-electron chi connectivity index (χ1n) is 5.69. The van der Waals surface area contributed by atoms with Gasteiger partial charge in [-0.3, -0.25) is 0 Å². The molecule has 2 aromatic carbocycles. The van der Waals surface area contributed by atoms with Crippen LogP contribution in [0.2, 0.25) is 5.79 Å². The Labute approximate surface area is 108 Å². The average Bonchev–Trinajstić information content (AvgIpc) is 2.35. The van der Waals surface area contributed by atoms with Crippen LogP contribution in [0.1, 0.15) is 0 Å². The zero-order chi connectivity index (χ0) is 12.3. The molecule has 0 saturated heterocycles. The van der Waals surface area contributed by atoms with E-state index in [1.165, 1.54) is 11.4 Å². The molecule has 0 aliphatic carbocycles. The van der Waals surface area contributed by atoms with Crippen LogP contribution in [-0.2, 0) is 0 Å².